The third-order valence-corrected chi connectivity index (χ3v) is 3.50. The summed E-state index contributed by atoms with van der Waals surface area (Å²) in [6.45, 7) is 14.2. The average Bonchev–Trinajstić information content (AvgIpc) is 2.63. The SMILES string of the molecule is CCC1CCN(CCCCNC(C)(C)C)C1. The maximum absolute atomic E-state index is 3.55. The number of rotatable bonds is 6. The van der Waals surface area contributed by atoms with Gasteiger partial charge in [0.2, 0.25) is 0 Å². The summed E-state index contributed by atoms with van der Waals surface area (Å²) in [5.74, 6) is 0.979. The maximum Gasteiger partial charge on any atom is 0.00965 e. The van der Waals surface area contributed by atoms with Gasteiger partial charge in [-0.15, -0.1) is 0 Å². The molecule has 0 bridgehead atoms. The molecule has 1 saturated heterocycles. The molecule has 1 N–H and O–H groups in total. The van der Waals surface area contributed by atoms with Gasteiger partial charge < -0.3 is 10.2 Å². The van der Waals surface area contributed by atoms with E-state index in [9.17, 15) is 0 Å². The molecule has 1 rings (SSSR count). The highest BCUT2D eigenvalue weighted by atomic mass is 15.1. The molecule has 0 aromatic rings. The first-order valence-electron chi connectivity index (χ1n) is 6.98. The largest absolute Gasteiger partial charge is 0.312 e. The fourth-order valence-electron chi connectivity index (χ4n) is 2.37. The Hall–Kier alpha value is -0.0800. The van der Waals surface area contributed by atoms with E-state index in [2.05, 4.69) is 37.9 Å². The van der Waals surface area contributed by atoms with E-state index in [0.717, 1.165) is 12.5 Å². The summed E-state index contributed by atoms with van der Waals surface area (Å²) in [7, 11) is 0. The van der Waals surface area contributed by atoms with Gasteiger partial charge in [-0.1, -0.05) is 13.3 Å². The highest BCUT2D eigenvalue weighted by molar-refractivity contribution is 4.75. The maximum atomic E-state index is 3.55. The van der Waals surface area contributed by atoms with Crippen LogP contribution < -0.4 is 5.32 Å². The van der Waals surface area contributed by atoms with Gasteiger partial charge in [0.05, 0.1) is 0 Å². The van der Waals surface area contributed by atoms with Crippen molar-refractivity contribution in [1.29, 1.82) is 0 Å². The molecule has 1 aliphatic rings. The van der Waals surface area contributed by atoms with Gasteiger partial charge in [0.15, 0.2) is 0 Å². The van der Waals surface area contributed by atoms with Crippen LogP contribution >= 0.6 is 0 Å². The normalized spacial score (nSPS) is 22.9. The molecule has 2 heteroatoms. The molecule has 0 aliphatic carbocycles. The predicted molar refractivity (Wildman–Crippen MR) is 71.8 cm³/mol. The van der Waals surface area contributed by atoms with Gasteiger partial charge in [0, 0.05) is 12.1 Å². The van der Waals surface area contributed by atoms with Crippen molar-refractivity contribution in [2.24, 2.45) is 5.92 Å². The van der Waals surface area contributed by atoms with E-state index in [4.69, 9.17) is 0 Å². The minimum atomic E-state index is 0.279. The Morgan fingerprint density at radius 3 is 2.56 bits per heavy atom. The van der Waals surface area contributed by atoms with Gasteiger partial charge in [-0.2, -0.15) is 0 Å². The molecule has 0 amide bonds. The van der Waals surface area contributed by atoms with Crippen LogP contribution in [0.4, 0.5) is 0 Å². The predicted octanol–water partition coefficient (Wildman–Crippen LogP) is 2.89. The van der Waals surface area contributed by atoms with Crippen molar-refractivity contribution in [2.75, 3.05) is 26.2 Å². The van der Waals surface area contributed by atoms with Crippen molar-refractivity contribution >= 4 is 0 Å². The first-order valence-corrected chi connectivity index (χ1v) is 6.98. The van der Waals surface area contributed by atoms with Crippen LogP contribution in [-0.4, -0.2) is 36.6 Å². The minimum Gasteiger partial charge on any atom is -0.312 e. The van der Waals surface area contributed by atoms with Gasteiger partial charge in [-0.3, -0.25) is 0 Å². The van der Waals surface area contributed by atoms with E-state index >= 15 is 0 Å². The Morgan fingerprint density at radius 2 is 2.00 bits per heavy atom. The lowest BCUT2D eigenvalue weighted by Crippen LogP contribution is -2.36. The van der Waals surface area contributed by atoms with Crippen LogP contribution in [0, 0.1) is 5.92 Å². The third-order valence-electron chi connectivity index (χ3n) is 3.50. The smallest absolute Gasteiger partial charge is 0.00965 e. The second-order valence-electron chi connectivity index (χ2n) is 6.25. The van der Waals surface area contributed by atoms with Crippen molar-refractivity contribution in [3.8, 4) is 0 Å². The van der Waals surface area contributed by atoms with Crippen molar-refractivity contribution in [2.45, 2.75) is 58.9 Å². The molecule has 1 atom stereocenters. The molecule has 16 heavy (non-hydrogen) atoms. The Kier molecular flexibility index (Phi) is 5.77. The van der Waals surface area contributed by atoms with E-state index in [1.807, 2.05) is 0 Å². The number of nitrogens with zero attached hydrogens (tertiary/aromatic N) is 1. The summed E-state index contributed by atoms with van der Waals surface area (Å²) in [6.07, 6.45) is 5.45. The van der Waals surface area contributed by atoms with Crippen LogP contribution in [0.15, 0.2) is 0 Å². The van der Waals surface area contributed by atoms with E-state index in [1.54, 1.807) is 0 Å². The quantitative estimate of drug-likeness (QED) is 0.701. The van der Waals surface area contributed by atoms with Crippen molar-refractivity contribution in [1.82, 2.24) is 10.2 Å². The third kappa shape index (κ3) is 5.86. The molecule has 0 aromatic heterocycles. The van der Waals surface area contributed by atoms with Crippen molar-refractivity contribution in [3.05, 3.63) is 0 Å². The Bertz CT molecular complexity index is 184. The summed E-state index contributed by atoms with van der Waals surface area (Å²) in [5, 5.41) is 3.55. The summed E-state index contributed by atoms with van der Waals surface area (Å²) < 4.78 is 0. The number of hydrogen-bond acceptors (Lipinski definition) is 2. The zero-order valence-electron chi connectivity index (χ0n) is 11.7. The van der Waals surface area contributed by atoms with Gasteiger partial charge in [-0.05, 0) is 65.6 Å². The Morgan fingerprint density at radius 1 is 1.25 bits per heavy atom. The highest BCUT2D eigenvalue weighted by Crippen LogP contribution is 2.19. The lowest BCUT2D eigenvalue weighted by atomic mass is 10.1. The lowest BCUT2D eigenvalue weighted by Gasteiger charge is -2.21. The van der Waals surface area contributed by atoms with Gasteiger partial charge >= 0.3 is 0 Å². The van der Waals surface area contributed by atoms with E-state index in [-0.39, 0.29) is 5.54 Å². The number of likely N-dealkylation sites (tertiary alicyclic amines) is 1. The van der Waals surface area contributed by atoms with E-state index in [0.29, 0.717) is 0 Å². The van der Waals surface area contributed by atoms with Gasteiger partial charge in [0.25, 0.3) is 0 Å². The van der Waals surface area contributed by atoms with Crippen LogP contribution in [0.25, 0.3) is 0 Å². The minimum absolute atomic E-state index is 0.279. The number of hydrogen-bond donors (Lipinski definition) is 1. The van der Waals surface area contributed by atoms with Crippen LogP contribution in [0.1, 0.15) is 53.4 Å². The summed E-state index contributed by atoms with van der Waals surface area (Å²) in [5.41, 5.74) is 0.279. The van der Waals surface area contributed by atoms with Crippen molar-refractivity contribution in [3.63, 3.8) is 0 Å². The number of nitrogens with one attached hydrogen (secondary N) is 1. The molecule has 1 fully saturated rings. The van der Waals surface area contributed by atoms with Gasteiger partial charge in [-0.25, -0.2) is 0 Å². The molecule has 96 valence electrons. The monoisotopic (exact) mass is 226 g/mol. The van der Waals surface area contributed by atoms with Gasteiger partial charge in [0.1, 0.15) is 0 Å². The molecule has 0 radical (unpaired) electrons. The molecule has 0 aromatic carbocycles. The van der Waals surface area contributed by atoms with Crippen LogP contribution in [0.3, 0.4) is 0 Å². The second-order valence-corrected chi connectivity index (χ2v) is 6.25. The Labute approximate surface area is 102 Å². The van der Waals surface area contributed by atoms with E-state index in [1.165, 1.54) is 45.3 Å². The molecular formula is C14H30N2. The average molecular weight is 226 g/mol. The fraction of sp³-hybridized carbons (Fsp3) is 1.00. The summed E-state index contributed by atoms with van der Waals surface area (Å²) in [4.78, 5) is 2.64. The first-order chi connectivity index (χ1) is 7.51. The highest BCUT2D eigenvalue weighted by Gasteiger charge is 2.19. The Balaban J connectivity index is 1.96. The number of unbranched alkanes of at least 4 members (excludes halogenated alkanes) is 1. The fourth-order valence-corrected chi connectivity index (χ4v) is 2.37. The van der Waals surface area contributed by atoms with Crippen LogP contribution in [0.2, 0.25) is 0 Å². The molecule has 1 aliphatic heterocycles. The zero-order chi connectivity index (χ0) is 12.0. The summed E-state index contributed by atoms with van der Waals surface area (Å²) >= 11 is 0. The molecule has 1 heterocycles. The zero-order valence-corrected chi connectivity index (χ0v) is 11.7. The standard InChI is InChI=1S/C14H30N2/c1-5-13-8-11-16(12-13)10-7-6-9-15-14(2,3)4/h13,15H,5-12H2,1-4H3. The molecule has 1 unspecified atom stereocenters. The molecule has 0 saturated carbocycles. The van der Waals surface area contributed by atoms with Crippen LogP contribution in [-0.2, 0) is 0 Å². The molecule has 2 nitrogen and oxygen atoms in total. The first kappa shape index (κ1) is 14.0. The molecular weight excluding hydrogens is 196 g/mol. The van der Waals surface area contributed by atoms with E-state index < -0.39 is 0 Å². The molecule has 0 spiro atoms. The van der Waals surface area contributed by atoms with Crippen molar-refractivity contribution < 1.29 is 0 Å². The van der Waals surface area contributed by atoms with Crippen LogP contribution in [0.5, 0.6) is 0 Å². The summed E-state index contributed by atoms with van der Waals surface area (Å²) in [6, 6.07) is 0. The second kappa shape index (κ2) is 6.61. The lowest BCUT2D eigenvalue weighted by molar-refractivity contribution is 0.310. The topological polar surface area (TPSA) is 15.3 Å².